The van der Waals surface area contributed by atoms with Crippen LogP contribution >= 0.6 is 0 Å². The molecule has 0 bridgehead atoms. The normalized spacial score (nSPS) is 13.2. The third kappa shape index (κ3) is 10.9. The lowest BCUT2D eigenvalue weighted by Gasteiger charge is -2.26. The van der Waals surface area contributed by atoms with Gasteiger partial charge < -0.3 is 30.0 Å². The zero-order valence-electron chi connectivity index (χ0n) is 23.7. The number of alkyl carbamates (subject to hydrolysis) is 1. The zero-order chi connectivity index (χ0) is 32.1. The maximum atomic E-state index is 14.1. The Bertz CT molecular complexity index is 1370. The van der Waals surface area contributed by atoms with Gasteiger partial charge in [-0.3, -0.25) is 4.79 Å². The Morgan fingerprint density at radius 2 is 1.52 bits per heavy atom. The molecule has 0 aliphatic carbocycles. The summed E-state index contributed by atoms with van der Waals surface area (Å²) in [5.74, 6) is -4.84. The smallest absolute Gasteiger partial charge is 0.464 e. The molecule has 0 radical (unpaired) electrons. The van der Waals surface area contributed by atoms with Gasteiger partial charge in [0.2, 0.25) is 0 Å². The topological polar surface area (TPSA) is 123 Å². The van der Waals surface area contributed by atoms with Crippen molar-refractivity contribution in [2.75, 3.05) is 6.61 Å². The molecule has 3 rings (SSSR count). The van der Waals surface area contributed by atoms with E-state index in [0.717, 1.165) is 6.07 Å². The number of carbonyl (C=O) groups excluding carboxylic acids is 3. The quantitative estimate of drug-likeness (QED) is 0.130. The second kappa shape index (κ2) is 16.3. The molecule has 44 heavy (non-hydrogen) atoms. The lowest BCUT2D eigenvalue weighted by molar-refractivity contribution is -0.275. The minimum absolute atomic E-state index is 0.0401. The number of alkyl halides is 3. The fourth-order valence-electron chi connectivity index (χ4n) is 4.02. The summed E-state index contributed by atoms with van der Waals surface area (Å²) >= 11 is 0. The SMILES string of the molecule is CCCCOC(=O)[C@H](NC(=O)[C@@H](O)[C@@H](Cc1ccccc1)NC(=O)OCc1ccccc1)c1ccc(F)c(OC(F)(F)F)c1. The van der Waals surface area contributed by atoms with Crippen molar-refractivity contribution in [1.29, 1.82) is 0 Å². The second-order valence-electron chi connectivity index (χ2n) is 9.65. The number of hydrogen-bond donors (Lipinski definition) is 3. The van der Waals surface area contributed by atoms with Crippen LogP contribution in [0.5, 0.6) is 5.75 Å². The van der Waals surface area contributed by atoms with Crippen molar-refractivity contribution in [2.45, 2.75) is 57.3 Å². The summed E-state index contributed by atoms with van der Waals surface area (Å²) in [5.41, 5.74) is 1.02. The minimum atomic E-state index is -5.23. The third-order valence-corrected chi connectivity index (χ3v) is 6.24. The van der Waals surface area contributed by atoms with Gasteiger partial charge in [0.25, 0.3) is 5.91 Å². The van der Waals surface area contributed by atoms with Gasteiger partial charge in [0.1, 0.15) is 6.61 Å². The molecule has 3 atom stereocenters. The van der Waals surface area contributed by atoms with Gasteiger partial charge in [-0.25, -0.2) is 14.0 Å². The largest absolute Gasteiger partial charge is 0.573 e. The number of unbranched alkanes of at least 4 members (excludes halogenated alkanes) is 1. The molecular weight excluding hydrogens is 588 g/mol. The fourth-order valence-corrected chi connectivity index (χ4v) is 4.02. The zero-order valence-corrected chi connectivity index (χ0v) is 23.7. The van der Waals surface area contributed by atoms with Crippen LogP contribution in [0.2, 0.25) is 0 Å². The van der Waals surface area contributed by atoms with Gasteiger partial charge in [-0.2, -0.15) is 0 Å². The Labute approximate surface area is 251 Å². The van der Waals surface area contributed by atoms with Crippen LogP contribution in [0, 0.1) is 5.82 Å². The highest BCUT2D eigenvalue weighted by atomic mass is 19.4. The van der Waals surface area contributed by atoms with E-state index >= 15 is 0 Å². The van der Waals surface area contributed by atoms with Crippen molar-refractivity contribution in [3.63, 3.8) is 0 Å². The average molecular weight is 621 g/mol. The molecule has 13 heteroatoms. The number of halogens is 4. The van der Waals surface area contributed by atoms with Crippen LogP contribution in [-0.2, 0) is 32.1 Å². The Morgan fingerprint density at radius 1 is 0.886 bits per heavy atom. The van der Waals surface area contributed by atoms with E-state index in [1.165, 1.54) is 0 Å². The summed E-state index contributed by atoms with van der Waals surface area (Å²) in [4.78, 5) is 38.9. The summed E-state index contributed by atoms with van der Waals surface area (Å²) in [5, 5.41) is 15.8. The number of esters is 1. The Hall–Kier alpha value is -4.65. The number of hydrogen-bond acceptors (Lipinski definition) is 7. The first-order valence-corrected chi connectivity index (χ1v) is 13.7. The molecule has 2 amide bonds. The number of aliphatic hydroxyl groups is 1. The van der Waals surface area contributed by atoms with E-state index in [2.05, 4.69) is 15.4 Å². The van der Waals surface area contributed by atoms with Crippen LogP contribution in [-0.4, -0.2) is 48.2 Å². The number of rotatable bonds is 14. The van der Waals surface area contributed by atoms with Crippen LogP contribution in [0.25, 0.3) is 0 Å². The Balaban J connectivity index is 1.83. The Kier molecular flexibility index (Phi) is 12.5. The molecule has 0 fully saturated rings. The Morgan fingerprint density at radius 3 is 2.14 bits per heavy atom. The van der Waals surface area contributed by atoms with Crippen LogP contribution in [0.15, 0.2) is 78.9 Å². The van der Waals surface area contributed by atoms with Crippen molar-refractivity contribution < 1.29 is 51.3 Å². The monoisotopic (exact) mass is 620 g/mol. The maximum absolute atomic E-state index is 14.1. The van der Waals surface area contributed by atoms with Gasteiger partial charge in [-0.05, 0) is 41.7 Å². The molecule has 236 valence electrons. The predicted molar refractivity (Wildman–Crippen MR) is 150 cm³/mol. The van der Waals surface area contributed by atoms with Crippen LogP contribution in [0.3, 0.4) is 0 Å². The third-order valence-electron chi connectivity index (χ3n) is 6.24. The molecule has 0 heterocycles. The number of benzene rings is 3. The number of amides is 2. The van der Waals surface area contributed by atoms with E-state index < -0.39 is 54.1 Å². The van der Waals surface area contributed by atoms with Crippen molar-refractivity contribution in [3.8, 4) is 5.75 Å². The molecule has 0 aromatic heterocycles. The summed E-state index contributed by atoms with van der Waals surface area (Å²) in [6, 6.07) is 16.5. The first kappa shape index (κ1) is 33.8. The molecule has 0 unspecified atom stereocenters. The highest BCUT2D eigenvalue weighted by Crippen LogP contribution is 2.29. The molecule has 0 saturated heterocycles. The highest BCUT2D eigenvalue weighted by molar-refractivity contribution is 5.88. The van der Waals surface area contributed by atoms with Crippen molar-refractivity contribution >= 4 is 18.0 Å². The van der Waals surface area contributed by atoms with Crippen molar-refractivity contribution in [2.24, 2.45) is 0 Å². The van der Waals surface area contributed by atoms with Crippen LogP contribution in [0.4, 0.5) is 22.4 Å². The molecule has 3 N–H and O–H groups in total. The number of carbonyl (C=O) groups is 3. The summed E-state index contributed by atoms with van der Waals surface area (Å²) < 4.78 is 66.7. The van der Waals surface area contributed by atoms with E-state index in [0.29, 0.717) is 36.1 Å². The van der Waals surface area contributed by atoms with Gasteiger partial charge in [0, 0.05) is 0 Å². The fraction of sp³-hybridized carbons (Fsp3) is 0.323. The van der Waals surface area contributed by atoms with E-state index in [9.17, 15) is 37.1 Å². The van der Waals surface area contributed by atoms with E-state index in [1.54, 1.807) is 60.7 Å². The lowest BCUT2D eigenvalue weighted by atomic mass is 9.99. The van der Waals surface area contributed by atoms with Gasteiger partial charge in [-0.1, -0.05) is 80.1 Å². The molecule has 0 aliphatic heterocycles. The van der Waals surface area contributed by atoms with Gasteiger partial charge in [-0.15, -0.1) is 13.2 Å². The van der Waals surface area contributed by atoms with E-state index in [4.69, 9.17) is 9.47 Å². The molecule has 0 spiro atoms. The average Bonchev–Trinajstić information content (AvgIpc) is 2.99. The lowest BCUT2D eigenvalue weighted by Crippen LogP contribution is -2.53. The predicted octanol–water partition coefficient (Wildman–Crippen LogP) is 5.12. The molecular formula is C31H32F4N2O7. The molecule has 9 nitrogen and oxygen atoms in total. The van der Waals surface area contributed by atoms with E-state index in [-0.39, 0.29) is 25.2 Å². The summed E-state index contributed by atoms with van der Waals surface area (Å²) in [6.07, 6.45) is -7.09. The summed E-state index contributed by atoms with van der Waals surface area (Å²) in [6.45, 7) is 1.67. The van der Waals surface area contributed by atoms with Crippen LogP contribution in [0.1, 0.15) is 42.5 Å². The van der Waals surface area contributed by atoms with Gasteiger partial charge in [0.15, 0.2) is 23.7 Å². The minimum Gasteiger partial charge on any atom is -0.464 e. The van der Waals surface area contributed by atoms with Crippen LogP contribution < -0.4 is 15.4 Å². The highest BCUT2D eigenvalue weighted by Gasteiger charge is 2.35. The molecule has 0 aliphatic rings. The van der Waals surface area contributed by atoms with Crippen molar-refractivity contribution in [3.05, 3.63) is 101 Å². The maximum Gasteiger partial charge on any atom is 0.573 e. The summed E-state index contributed by atoms with van der Waals surface area (Å²) in [7, 11) is 0. The van der Waals surface area contributed by atoms with Crippen molar-refractivity contribution in [1.82, 2.24) is 10.6 Å². The van der Waals surface area contributed by atoms with E-state index in [1.807, 2.05) is 6.92 Å². The number of aliphatic hydroxyl groups excluding tert-OH is 1. The second-order valence-corrected chi connectivity index (χ2v) is 9.65. The molecule has 0 saturated carbocycles. The molecule has 3 aromatic rings. The van der Waals surface area contributed by atoms with Gasteiger partial charge >= 0.3 is 18.4 Å². The van der Waals surface area contributed by atoms with Gasteiger partial charge in [0.05, 0.1) is 12.6 Å². The number of nitrogens with one attached hydrogen (secondary N) is 2. The number of ether oxygens (including phenoxy) is 3. The standard InChI is InChI=1S/C31H32F4N2O7/c1-2-3-16-42-29(40)26(22-14-15-23(32)25(18-22)44-31(33,34)35)37-28(39)27(38)24(17-20-10-6-4-7-11-20)36-30(41)43-19-21-12-8-5-9-13-21/h4-15,18,24,26-27,38H,2-3,16-17,19H2,1H3,(H,36,41)(H,37,39)/t24-,26-,27+/m1/s1. The first-order chi connectivity index (χ1) is 21.0. The molecule has 3 aromatic carbocycles. The first-order valence-electron chi connectivity index (χ1n) is 13.7.